The van der Waals surface area contributed by atoms with Crippen molar-refractivity contribution in [3.05, 3.63) is 30.1 Å². The molecule has 1 aromatic rings. The van der Waals surface area contributed by atoms with Crippen molar-refractivity contribution < 1.29 is 9.69 Å². The molecule has 2 N–H and O–H groups in total. The molecule has 0 radical (unpaired) electrons. The monoisotopic (exact) mass is 233 g/mol. The van der Waals surface area contributed by atoms with E-state index in [4.69, 9.17) is 0 Å². The van der Waals surface area contributed by atoms with Crippen molar-refractivity contribution in [1.82, 2.24) is 10.4 Å². The van der Waals surface area contributed by atoms with Gasteiger partial charge in [0.15, 0.2) is 0 Å². The van der Waals surface area contributed by atoms with E-state index in [9.17, 15) is 4.79 Å². The van der Waals surface area contributed by atoms with Crippen molar-refractivity contribution >= 4 is 11.6 Å². The number of pyridine rings is 1. The number of aromatic nitrogens is 1. The maximum Gasteiger partial charge on any atom is 0.289 e. The second-order valence-electron chi connectivity index (χ2n) is 4.29. The van der Waals surface area contributed by atoms with Crippen LogP contribution in [0, 0.1) is 0 Å². The highest BCUT2D eigenvalue weighted by Gasteiger charge is 2.14. The van der Waals surface area contributed by atoms with Crippen LogP contribution in [0.1, 0.15) is 23.3 Å². The van der Waals surface area contributed by atoms with Gasteiger partial charge in [-0.15, -0.1) is 0 Å². The molecule has 5 heteroatoms. The van der Waals surface area contributed by atoms with E-state index in [0.717, 1.165) is 31.6 Å². The quantitative estimate of drug-likeness (QED) is 0.675. The number of hydrogen-bond acceptors (Lipinski definition) is 3. The van der Waals surface area contributed by atoms with Crippen molar-refractivity contribution in [1.29, 1.82) is 0 Å². The van der Waals surface area contributed by atoms with Gasteiger partial charge in [-0.05, 0) is 12.1 Å². The average Bonchev–Trinajstić information content (AvgIpc) is 2.39. The minimum absolute atomic E-state index is 0.246. The van der Waals surface area contributed by atoms with Gasteiger partial charge in [-0.25, -0.2) is 5.43 Å². The van der Waals surface area contributed by atoms with Crippen LogP contribution in [0.2, 0.25) is 0 Å². The molecule has 0 bridgehead atoms. The van der Waals surface area contributed by atoms with Gasteiger partial charge < -0.3 is 4.90 Å². The van der Waals surface area contributed by atoms with E-state index in [1.807, 2.05) is 0 Å². The summed E-state index contributed by atoms with van der Waals surface area (Å²) >= 11 is 0. The minimum atomic E-state index is -0.246. The number of likely N-dealkylation sites (tertiary alicyclic amines) is 1. The Labute approximate surface area is 101 Å². The number of carbonyl (C=O) groups excluding carboxylic acids is 1. The molecule has 1 aliphatic heterocycles. The fourth-order valence-corrected chi connectivity index (χ4v) is 1.76. The maximum absolute atomic E-state index is 11.7. The first-order valence-electron chi connectivity index (χ1n) is 5.84. The number of hydrogen-bond donors (Lipinski definition) is 2. The van der Waals surface area contributed by atoms with Gasteiger partial charge in [0, 0.05) is 24.8 Å². The van der Waals surface area contributed by atoms with Gasteiger partial charge in [0.05, 0.1) is 20.1 Å². The summed E-state index contributed by atoms with van der Waals surface area (Å²) in [6, 6.07) is 5.24. The molecule has 90 valence electrons. The fraction of sp³-hybridized carbons (Fsp3) is 0.417. The Balaban J connectivity index is 1.90. The second kappa shape index (κ2) is 5.54. The molecule has 2 heterocycles. The van der Waals surface area contributed by atoms with Crippen LogP contribution in [-0.2, 0) is 0 Å². The lowest BCUT2D eigenvalue weighted by Crippen LogP contribution is -3.10. The molecule has 5 nitrogen and oxygen atoms in total. The predicted octanol–water partition coefficient (Wildman–Crippen LogP) is -0.524. The van der Waals surface area contributed by atoms with E-state index in [2.05, 4.69) is 22.6 Å². The highest BCUT2D eigenvalue weighted by Crippen LogP contribution is 1.96. The van der Waals surface area contributed by atoms with Crippen LogP contribution in [0.4, 0.5) is 0 Å². The summed E-state index contributed by atoms with van der Waals surface area (Å²) in [5.74, 6) is -0.246. The zero-order valence-electron chi connectivity index (χ0n) is 9.94. The van der Waals surface area contributed by atoms with E-state index in [1.165, 1.54) is 4.90 Å². The lowest BCUT2D eigenvalue weighted by molar-refractivity contribution is -0.880. The van der Waals surface area contributed by atoms with Crippen LogP contribution in [0.25, 0.3) is 0 Å². The molecule has 0 saturated carbocycles. The number of amides is 1. The van der Waals surface area contributed by atoms with Crippen LogP contribution in [-0.4, -0.2) is 36.7 Å². The number of nitrogens with zero attached hydrogens (tertiary/aromatic N) is 2. The maximum atomic E-state index is 11.7. The van der Waals surface area contributed by atoms with E-state index >= 15 is 0 Å². The summed E-state index contributed by atoms with van der Waals surface area (Å²) in [5.41, 5.74) is 4.03. The Morgan fingerprint density at radius 1 is 1.41 bits per heavy atom. The topological polar surface area (TPSA) is 58.8 Å². The van der Waals surface area contributed by atoms with Gasteiger partial charge in [0.25, 0.3) is 5.91 Å². The van der Waals surface area contributed by atoms with E-state index in [-0.39, 0.29) is 5.91 Å². The average molecular weight is 233 g/mol. The molecule has 1 aromatic heterocycles. The molecule has 17 heavy (non-hydrogen) atoms. The van der Waals surface area contributed by atoms with Crippen LogP contribution in [0.3, 0.4) is 0 Å². The van der Waals surface area contributed by atoms with Crippen molar-refractivity contribution in [2.75, 3.05) is 20.1 Å². The molecule has 0 atom stereocenters. The number of quaternary nitrogens is 1. The molecule has 1 fully saturated rings. The van der Waals surface area contributed by atoms with Crippen molar-refractivity contribution in [3.8, 4) is 0 Å². The lowest BCUT2D eigenvalue weighted by atomic mass is 10.1. The smallest absolute Gasteiger partial charge is 0.289 e. The van der Waals surface area contributed by atoms with Crippen molar-refractivity contribution in [2.24, 2.45) is 5.10 Å². The van der Waals surface area contributed by atoms with Gasteiger partial charge >= 0.3 is 0 Å². The van der Waals surface area contributed by atoms with Gasteiger partial charge in [-0.3, -0.25) is 9.78 Å². The minimum Gasteiger partial charge on any atom is -0.337 e. The summed E-state index contributed by atoms with van der Waals surface area (Å²) in [7, 11) is 2.17. The van der Waals surface area contributed by atoms with Gasteiger partial charge in [-0.1, -0.05) is 6.07 Å². The largest absolute Gasteiger partial charge is 0.337 e. The molecule has 1 aliphatic rings. The first kappa shape index (κ1) is 11.7. The molecule has 1 amide bonds. The van der Waals surface area contributed by atoms with Gasteiger partial charge in [0.1, 0.15) is 5.69 Å². The molecule has 0 unspecified atom stereocenters. The Morgan fingerprint density at radius 2 is 2.18 bits per heavy atom. The van der Waals surface area contributed by atoms with Gasteiger partial charge in [-0.2, -0.15) is 5.10 Å². The standard InChI is InChI=1S/C12H16N4O/c1-16-8-5-10(6-9-16)14-15-12(17)11-4-2-3-7-13-11/h2-4,7H,5-6,8-9H2,1H3,(H,15,17)/p+1. The van der Waals surface area contributed by atoms with Crippen LogP contribution >= 0.6 is 0 Å². The summed E-state index contributed by atoms with van der Waals surface area (Å²) in [6.45, 7) is 2.16. The zero-order chi connectivity index (χ0) is 12.1. The summed E-state index contributed by atoms with van der Waals surface area (Å²) < 4.78 is 0. The number of nitrogens with one attached hydrogen (secondary N) is 2. The third-order valence-electron chi connectivity index (χ3n) is 2.89. The molecular formula is C12H17N4O+. The van der Waals surface area contributed by atoms with E-state index in [1.54, 1.807) is 24.4 Å². The lowest BCUT2D eigenvalue weighted by Gasteiger charge is -2.20. The van der Waals surface area contributed by atoms with Gasteiger partial charge in [0.2, 0.25) is 0 Å². The predicted molar refractivity (Wildman–Crippen MR) is 65.0 cm³/mol. The number of rotatable bonds is 2. The Hall–Kier alpha value is -1.75. The highest BCUT2D eigenvalue weighted by atomic mass is 16.2. The first-order chi connectivity index (χ1) is 8.25. The number of piperidine rings is 1. The zero-order valence-corrected chi connectivity index (χ0v) is 9.94. The molecule has 0 spiro atoms. The van der Waals surface area contributed by atoms with Crippen LogP contribution in [0.5, 0.6) is 0 Å². The fourth-order valence-electron chi connectivity index (χ4n) is 1.76. The molecule has 2 rings (SSSR count). The summed E-state index contributed by atoms with van der Waals surface area (Å²) in [4.78, 5) is 17.1. The number of hydrazone groups is 1. The SMILES string of the molecule is C[NH+]1CCC(=NNC(=O)c2ccccn2)CC1. The highest BCUT2D eigenvalue weighted by molar-refractivity contribution is 5.93. The van der Waals surface area contributed by atoms with Crippen molar-refractivity contribution in [2.45, 2.75) is 12.8 Å². The molecule has 0 aromatic carbocycles. The normalized spacial score (nSPS) is 19.8. The Bertz CT molecular complexity index is 406. The van der Waals surface area contributed by atoms with Crippen LogP contribution in [0.15, 0.2) is 29.5 Å². The Morgan fingerprint density at radius 3 is 2.82 bits per heavy atom. The molecular weight excluding hydrogens is 216 g/mol. The third-order valence-corrected chi connectivity index (χ3v) is 2.89. The third kappa shape index (κ3) is 3.35. The summed E-state index contributed by atoms with van der Waals surface area (Å²) in [6.07, 6.45) is 3.50. The van der Waals surface area contributed by atoms with Crippen molar-refractivity contribution in [3.63, 3.8) is 0 Å². The number of carbonyl (C=O) groups is 1. The van der Waals surface area contributed by atoms with E-state index in [0.29, 0.717) is 5.69 Å². The Kier molecular flexibility index (Phi) is 3.82. The van der Waals surface area contributed by atoms with Crippen LogP contribution < -0.4 is 10.3 Å². The molecule has 1 saturated heterocycles. The molecule has 0 aliphatic carbocycles. The summed E-state index contributed by atoms with van der Waals surface area (Å²) in [5, 5.41) is 4.16. The first-order valence-corrected chi connectivity index (χ1v) is 5.84. The van der Waals surface area contributed by atoms with E-state index < -0.39 is 0 Å². The second-order valence-corrected chi connectivity index (χ2v) is 4.29.